The lowest BCUT2D eigenvalue weighted by molar-refractivity contribution is 0.0283. The second-order valence-corrected chi connectivity index (χ2v) is 7.85. The lowest BCUT2D eigenvalue weighted by Gasteiger charge is -2.52. The minimum Gasteiger partial charge on any atom is -0.383 e. The lowest BCUT2D eigenvalue weighted by atomic mass is 9.68. The van der Waals surface area contributed by atoms with Crippen LogP contribution in [0, 0.1) is 11.3 Å². The Morgan fingerprint density at radius 1 is 1.47 bits per heavy atom. The third-order valence-electron chi connectivity index (χ3n) is 5.90. The van der Waals surface area contributed by atoms with E-state index in [1.54, 1.807) is 19.2 Å². The van der Waals surface area contributed by atoms with Crippen LogP contribution in [0.25, 0.3) is 0 Å². The van der Waals surface area contributed by atoms with Gasteiger partial charge in [-0.3, -0.25) is 15.0 Å². The van der Waals surface area contributed by atoms with Gasteiger partial charge in [0.2, 0.25) is 0 Å². The molecule has 0 atom stereocenters. The summed E-state index contributed by atoms with van der Waals surface area (Å²) in [6, 6.07) is 4.38. The van der Waals surface area contributed by atoms with Gasteiger partial charge in [0.15, 0.2) is 6.29 Å². The fraction of sp³-hybridized carbons (Fsp3) is 0.409. The second kappa shape index (κ2) is 8.51. The van der Waals surface area contributed by atoms with Gasteiger partial charge in [-0.15, -0.1) is 0 Å². The van der Waals surface area contributed by atoms with Gasteiger partial charge >= 0.3 is 6.03 Å². The number of hydrogen-bond acceptors (Lipinski definition) is 7. The van der Waals surface area contributed by atoms with Crippen LogP contribution in [-0.4, -0.2) is 48.6 Å². The normalized spacial score (nSPS) is 20.6. The third-order valence-corrected chi connectivity index (χ3v) is 5.90. The summed E-state index contributed by atoms with van der Waals surface area (Å²) in [7, 11) is 1.57. The zero-order chi connectivity index (χ0) is 22.9. The number of amides is 2. The van der Waals surface area contributed by atoms with E-state index in [0.717, 1.165) is 0 Å². The number of methoxy groups -OCH3 is 1. The zero-order valence-corrected chi connectivity index (χ0v) is 17.8. The molecule has 0 radical (unpaired) electrons. The SMILES string of the molecule is CCc1cc2c(nc1C=O)N(C(=O)Nc1cc(NCCOC)c(C#N)cn1)C1CC2(F)C1. The Balaban J connectivity index is 1.63. The van der Waals surface area contributed by atoms with Crippen LogP contribution in [-0.2, 0) is 16.8 Å². The quantitative estimate of drug-likeness (QED) is 0.503. The van der Waals surface area contributed by atoms with Crippen LogP contribution in [0.4, 0.5) is 26.5 Å². The molecule has 0 saturated heterocycles. The number of nitrogens with zero attached hydrogens (tertiary/aromatic N) is 4. The van der Waals surface area contributed by atoms with Gasteiger partial charge in [-0.2, -0.15) is 5.26 Å². The number of carbonyl (C=O) groups is 2. The summed E-state index contributed by atoms with van der Waals surface area (Å²) in [5.41, 5.74) is 0.506. The van der Waals surface area contributed by atoms with Gasteiger partial charge in [-0.05, 0) is 18.1 Å². The largest absolute Gasteiger partial charge is 0.383 e. The summed E-state index contributed by atoms with van der Waals surface area (Å²) >= 11 is 0. The Morgan fingerprint density at radius 2 is 2.25 bits per heavy atom. The number of halogens is 1. The molecular weight excluding hydrogens is 415 g/mol. The summed E-state index contributed by atoms with van der Waals surface area (Å²) in [6.45, 7) is 2.78. The molecule has 2 aliphatic heterocycles. The number of nitriles is 1. The Morgan fingerprint density at radius 3 is 2.91 bits per heavy atom. The Labute approximate surface area is 184 Å². The van der Waals surface area contributed by atoms with Crippen molar-refractivity contribution in [2.75, 3.05) is 35.8 Å². The maximum absolute atomic E-state index is 15.3. The highest BCUT2D eigenvalue weighted by atomic mass is 19.1. The fourth-order valence-corrected chi connectivity index (χ4v) is 4.20. The molecule has 2 N–H and O–H groups in total. The number of rotatable bonds is 7. The molecule has 2 bridgehead atoms. The van der Waals surface area contributed by atoms with Crippen LogP contribution < -0.4 is 15.5 Å². The topological polar surface area (TPSA) is 120 Å². The molecule has 3 aliphatic rings. The van der Waals surface area contributed by atoms with E-state index in [-0.39, 0.29) is 36.2 Å². The summed E-state index contributed by atoms with van der Waals surface area (Å²) in [5, 5.41) is 15.1. The summed E-state index contributed by atoms with van der Waals surface area (Å²) in [5.74, 6) is 0.395. The number of aryl methyl sites for hydroxylation is 1. The molecule has 9 nitrogen and oxygen atoms in total. The zero-order valence-electron chi connectivity index (χ0n) is 17.8. The minimum absolute atomic E-state index is 0.166. The molecule has 2 aromatic rings. The highest BCUT2D eigenvalue weighted by Crippen LogP contribution is 2.55. The summed E-state index contributed by atoms with van der Waals surface area (Å²) in [4.78, 5) is 34.5. The van der Waals surface area contributed by atoms with Gasteiger partial charge in [0.1, 0.15) is 29.1 Å². The van der Waals surface area contributed by atoms with Crippen molar-refractivity contribution >= 4 is 29.6 Å². The molecule has 0 spiro atoms. The first-order valence-electron chi connectivity index (χ1n) is 10.4. The highest BCUT2D eigenvalue weighted by molar-refractivity contribution is 6.03. The van der Waals surface area contributed by atoms with E-state index in [1.807, 2.05) is 13.0 Å². The first kappa shape index (κ1) is 21.6. The number of ether oxygens (including phenoxy) is 1. The van der Waals surface area contributed by atoms with Crippen LogP contribution in [0.1, 0.15) is 46.9 Å². The van der Waals surface area contributed by atoms with E-state index < -0.39 is 11.7 Å². The fourth-order valence-electron chi connectivity index (χ4n) is 4.20. The van der Waals surface area contributed by atoms with E-state index in [0.29, 0.717) is 48.2 Å². The summed E-state index contributed by atoms with van der Waals surface area (Å²) in [6.07, 6.45) is 2.89. The van der Waals surface area contributed by atoms with Gasteiger partial charge in [0.25, 0.3) is 0 Å². The average Bonchev–Trinajstić information content (AvgIpc) is 2.77. The number of aromatic nitrogens is 2. The number of nitrogens with one attached hydrogen (secondary N) is 2. The van der Waals surface area contributed by atoms with E-state index in [4.69, 9.17) is 4.74 Å². The molecule has 1 aliphatic carbocycles. The van der Waals surface area contributed by atoms with Gasteiger partial charge in [0, 0.05) is 50.4 Å². The number of alkyl halides is 1. The molecule has 10 heteroatoms. The van der Waals surface area contributed by atoms with Crippen LogP contribution in [0.5, 0.6) is 0 Å². The van der Waals surface area contributed by atoms with Crippen molar-refractivity contribution in [3.63, 3.8) is 0 Å². The first-order valence-corrected chi connectivity index (χ1v) is 10.4. The summed E-state index contributed by atoms with van der Waals surface area (Å²) < 4.78 is 20.3. The molecular formula is C22H23FN6O3. The van der Waals surface area contributed by atoms with E-state index in [9.17, 15) is 14.9 Å². The molecule has 2 aromatic heterocycles. The number of anilines is 3. The Hall–Kier alpha value is -3.58. The minimum atomic E-state index is -1.53. The molecule has 0 unspecified atom stereocenters. The molecule has 4 heterocycles. The van der Waals surface area contributed by atoms with Crippen LogP contribution in [0.15, 0.2) is 18.3 Å². The molecule has 1 saturated carbocycles. The standard InChI is InChI=1S/C22H23FN6O3/c1-3-13-6-16-20(27-18(13)12-30)29(15-8-22(16,23)9-15)21(31)28-19-7-17(25-4-5-32-2)14(10-24)11-26-19/h6-7,11-12,15H,3-5,8-9H2,1-2H3,(H2,25,26,28,31). The molecule has 1 fully saturated rings. The van der Waals surface area contributed by atoms with E-state index in [1.165, 1.54) is 11.1 Å². The Bertz CT molecular complexity index is 1110. The smallest absolute Gasteiger partial charge is 0.328 e. The lowest BCUT2D eigenvalue weighted by Crippen LogP contribution is -2.60. The first-order chi connectivity index (χ1) is 15.4. The van der Waals surface area contributed by atoms with Crippen molar-refractivity contribution in [3.05, 3.63) is 40.7 Å². The monoisotopic (exact) mass is 438 g/mol. The molecule has 32 heavy (non-hydrogen) atoms. The van der Waals surface area contributed by atoms with Gasteiger partial charge < -0.3 is 10.1 Å². The third kappa shape index (κ3) is 3.65. The van der Waals surface area contributed by atoms with Crippen LogP contribution in [0.2, 0.25) is 0 Å². The highest BCUT2D eigenvalue weighted by Gasteiger charge is 2.57. The number of pyridine rings is 2. The van der Waals surface area contributed by atoms with Gasteiger partial charge in [-0.25, -0.2) is 19.2 Å². The maximum atomic E-state index is 15.3. The van der Waals surface area contributed by atoms with Crippen LogP contribution in [0.3, 0.4) is 0 Å². The molecule has 166 valence electrons. The number of hydrogen-bond donors (Lipinski definition) is 2. The van der Waals surface area contributed by atoms with E-state index >= 15 is 4.39 Å². The number of aldehydes is 1. The van der Waals surface area contributed by atoms with Crippen molar-refractivity contribution in [2.24, 2.45) is 0 Å². The molecule has 2 amide bonds. The van der Waals surface area contributed by atoms with Gasteiger partial charge in [-0.1, -0.05) is 6.92 Å². The number of carbonyl (C=O) groups excluding carboxylic acids is 2. The van der Waals surface area contributed by atoms with Crippen molar-refractivity contribution < 1.29 is 18.7 Å². The molecule has 0 aromatic carbocycles. The maximum Gasteiger partial charge on any atom is 0.328 e. The van der Waals surface area contributed by atoms with Crippen molar-refractivity contribution in [2.45, 2.75) is 37.9 Å². The number of urea groups is 1. The van der Waals surface area contributed by atoms with E-state index in [2.05, 4.69) is 20.6 Å². The van der Waals surface area contributed by atoms with Gasteiger partial charge in [0.05, 0.1) is 17.9 Å². The predicted octanol–water partition coefficient (Wildman–Crippen LogP) is 3.16. The predicted molar refractivity (Wildman–Crippen MR) is 116 cm³/mol. The Kier molecular flexibility index (Phi) is 5.76. The van der Waals surface area contributed by atoms with Crippen LogP contribution >= 0.6 is 0 Å². The molecule has 5 rings (SSSR count). The average molecular weight is 438 g/mol. The second-order valence-electron chi connectivity index (χ2n) is 7.85. The van der Waals surface area contributed by atoms with Crippen molar-refractivity contribution in [1.29, 1.82) is 5.26 Å². The van der Waals surface area contributed by atoms with Crippen molar-refractivity contribution in [1.82, 2.24) is 9.97 Å². The van der Waals surface area contributed by atoms with Crippen molar-refractivity contribution in [3.8, 4) is 6.07 Å².